The first-order valence-corrected chi connectivity index (χ1v) is 6.24. The molecule has 1 aromatic carbocycles. The maximum Gasteiger partial charge on any atom is 0.0300 e. The second-order valence-electron chi connectivity index (χ2n) is 4.93. The predicted molar refractivity (Wildman–Crippen MR) is 79.2 cm³/mol. The van der Waals surface area contributed by atoms with E-state index in [-0.39, 0.29) is 18.4 Å². The molecule has 0 amide bonds. The molecule has 1 atom stereocenters. The van der Waals surface area contributed by atoms with Gasteiger partial charge in [0.2, 0.25) is 0 Å². The third kappa shape index (κ3) is 3.02. The molecule has 0 fully saturated rings. The summed E-state index contributed by atoms with van der Waals surface area (Å²) in [6, 6.07) is 0.197. The fourth-order valence-corrected chi connectivity index (χ4v) is 2.54. The number of nitrogens with two attached hydrogens (primary N) is 1. The van der Waals surface area contributed by atoms with Gasteiger partial charge in [0.25, 0.3) is 0 Å². The van der Waals surface area contributed by atoms with E-state index in [2.05, 4.69) is 41.5 Å². The maximum atomic E-state index is 6.30. The molecule has 1 aromatic rings. The van der Waals surface area contributed by atoms with Crippen molar-refractivity contribution in [1.82, 2.24) is 0 Å². The van der Waals surface area contributed by atoms with E-state index in [9.17, 15) is 0 Å². The zero-order valence-electron chi connectivity index (χ0n) is 12.0. The lowest BCUT2D eigenvalue weighted by Crippen LogP contribution is -2.15. The Hall–Kier alpha value is -0.530. The largest absolute Gasteiger partial charge is 0.324 e. The van der Waals surface area contributed by atoms with Gasteiger partial charge in [-0.15, -0.1) is 12.4 Å². The van der Waals surface area contributed by atoms with Crippen LogP contribution in [-0.2, 0) is 0 Å². The van der Waals surface area contributed by atoms with Crippen LogP contribution in [0.5, 0.6) is 0 Å². The van der Waals surface area contributed by atoms with E-state index < -0.39 is 0 Å². The molecule has 0 aromatic heterocycles. The van der Waals surface area contributed by atoms with Crippen LogP contribution < -0.4 is 5.73 Å². The van der Waals surface area contributed by atoms with Gasteiger partial charge in [0, 0.05) is 6.04 Å². The molecule has 0 saturated heterocycles. The fourth-order valence-electron chi connectivity index (χ4n) is 2.54. The molecule has 2 heteroatoms. The van der Waals surface area contributed by atoms with Crippen molar-refractivity contribution in [3.63, 3.8) is 0 Å². The first-order chi connectivity index (χ1) is 7.41. The molecule has 1 rings (SSSR count). The number of hydrogen-bond donors (Lipinski definition) is 1. The van der Waals surface area contributed by atoms with Gasteiger partial charge >= 0.3 is 0 Å². The summed E-state index contributed by atoms with van der Waals surface area (Å²) in [4.78, 5) is 0. The highest BCUT2D eigenvalue weighted by Gasteiger charge is 2.16. The molecule has 0 radical (unpaired) electrons. The predicted octanol–water partition coefficient (Wildman–Crippen LogP) is 4.45. The topological polar surface area (TPSA) is 26.0 Å². The Labute approximate surface area is 112 Å². The van der Waals surface area contributed by atoms with Crippen molar-refractivity contribution in [2.75, 3.05) is 0 Å². The zero-order valence-corrected chi connectivity index (χ0v) is 12.8. The zero-order chi connectivity index (χ0) is 12.5. The fraction of sp³-hybridized carbons (Fsp3) is 0.600. The van der Waals surface area contributed by atoms with Gasteiger partial charge in [-0.05, 0) is 74.4 Å². The molecule has 0 bridgehead atoms. The van der Waals surface area contributed by atoms with E-state index in [1.165, 1.54) is 33.4 Å². The van der Waals surface area contributed by atoms with E-state index in [1.54, 1.807) is 0 Å². The van der Waals surface area contributed by atoms with Crippen molar-refractivity contribution in [2.45, 2.75) is 60.4 Å². The second kappa shape index (κ2) is 6.42. The Balaban J connectivity index is 0.00000256. The van der Waals surface area contributed by atoms with Crippen molar-refractivity contribution in [2.24, 2.45) is 5.73 Å². The van der Waals surface area contributed by atoms with Crippen molar-refractivity contribution in [3.05, 3.63) is 33.4 Å². The van der Waals surface area contributed by atoms with Gasteiger partial charge in [0.15, 0.2) is 0 Å². The maximum absolute atomic E-state index is 6.30. The van der Waals surface area contributed by atoms with Crippen LogP contribution in [0.4, 0.5) is 0 Å². The number of rotatable bonds is 3. The Morgan fingerprint density at radius 3 is 1.53 bits per heavy atom. The summed E-state index contributed by atoms with van der Waals surface area (Å²) in [5.74, 6) is 0. The summed E-state index contributed by atoms with van der Waals surface area (Å²) < 4.78 is 0. The molecule has 98 valence electrons. The Morgan fingerprint density at radius 2 is 1.18 bits per heavy atom. The minimum absolute atomic E-state index is 0. The lowest BCUT2D eigenvalue weighted by Gasteiger charge is -2.23. The van der Waals surface area contributed by atoms with Crippen LogP contribution in [0.25, 0.3) is 0 Å². The average Bonchev–Trinajstić information content (AvgIpc) is 2.24. The SMILES string of the molecule is CCC[C@@H](N)c1c(C)c(C)c(C)c(C)c1C.Cl. The number of benzene rings is 1. The quantitative estimate of drug-likeness (QED) is 0.849. The number of hydrogen-bond acceptors (Lipinski definition) is 1. The van der Waals surface area contributed by atoms with Crippen LogP contribution >= 0.6 is 12.4 Å². The van der Waals surface area contributed by atoms with Gasteiger partial charge in [-0.2, -0.15) is 0 Å². The monoisotopic (exact) mass is 255 g/mol. The van der Waals surface area contributed by atoms with E-state index in [4.69, 9.17) is 5.73 Å². The second-order valence-corrected chi connectivity index (χ2v) is 4.93. The van der Waals surface area contributed by atoms with Gasteiger partial charge in [-0.3, -0.25) is 0 Å². The van der Waals surface area contributed by atoms with Gasteiger partial charge in [0.05, 0.1) is 0 Å². The van der Waals surface area contributed by atoms with Gasteiger partial charge < -0.3 is 5.73 Å². The minimum atomic E-state index is 0. The van der Waals surface area contributed by atoms with Crippen molar-refractivity contribution in [1.29, 1.82) is 0 Å². The minimum Gasteiger partial charge on any atom is -0.324 e. The highest BCUT2D eigenvalue weighted by molar-refractivity contribution is 5.85. The highest BCUT2D eigenvalue weighted by Crippen LogP contribution is 2.31. The molecule has 0 heterocycles. The standard InChI is InChI=1S/C15H25N.ClH/c1-7-8-14(16)15-12(5)10(3)9(2)11(4)13(15)6;/h14H,7-8,16H2,1-6H3;1H/t14-;/m1./s1. The molecule has 0 unspecified atom stereocenters. The summed E-state index contributed by atoms with van der Waals surface area (Å²) in [6.07, 6.45) is 2.22. The lowest BCUT2D eigenvalue weighted by molar-refractivity contribution is 0.630. The third-order valence-corrected chi connectivity index (χ3v) is 4.03. The van der Waals surface area contributed by atoms with Crippen LogP contribution in [-0.4, -0.2) is 0 Å². The van der Waals surface area contributed by atoms with Crippen LogP contribution in [0.2, 0.25) is 0 Å². The van der Waals surface area contributed by atoms with E-state index in [0.29, 0.717) is 0 Å². The number of halogens is 1. The summed E-state index contributed by atoms with van der Waals surface area (Å²) >= 11 is 0. The van der Waals surface area contributed by atoms with Gasteiger partial charge in [-0.25, -0.2) is 0 Å². The Morgan fingerprint density at radius 1 is 0.824 bits per heavy atom. The molecule has 0 aliphatic heterocycles. The summed E-state index contributed by atoms with van der Waals surface area (Å²) in [6.45, 7) is 13.2. The van der Waals surface area contributed by atoms with E-state index in [0.717, 1.165) is 12.8 Å². The molecule has 17 heavy (non-hydrogen) atoms. The van der Waals surface area contributed by atoms with Crippen molar-refractivity contribution >= 4 is 12.4 Å². The Kier molecular flexibility index (Phi) is 6.22. The Bertz CT molecular complexity index is 367. The molecule has 0 spiro atoms. The molecular weight excluding hydrogens is 230 g/mol. The van der Waals surface area contributed by atoms with Gasteiger partial charge in [0.1, 0.15) is 0 Å². The molecule has 0 aliphatic carbocycles. The first kappa shape index (κ1) is 16.5. The summed E-state index contributed by atoms with van der Waals surface area (Å²) in [7, 11) is 0. The van der Waals surface area contributed by atoms with E-state index >= 15 is 0 Å². The average molecular weight is 256 g/mol. The van der Waals surface area contributed by atoms with Crippen LogP contribution in [0.15, 0.2) is 0 Å². The van der Waals surface area contributed by atoms with Crippen LogP contribution in [0, 0.1) is 34.6 Å². The molecule has 0 saturated carbocycles. The summed E-state index contributed by atoms with van der Waals surface area (Å²) in [5.41, 5.74) is 14.7. The molecular formula is C15H26ClN. The van der Waals surface area contributed by atoms with E-state index in [1.807, 2.05) is 0 Å². The molecule has 1 nitrogen and oxygen atoms in total. The van der Waals surface area contributed by atoms with Crippen molar-refractivity contribution in [3.8, 4) is 0 Å². The lowest BCUT2D eigenvalue weighted by atomic mass is 9.85. The normalized spacial score (nSPS) is 12.2. The third-order valence-electron chi connectivity index (χ3n) is 4.03. The van der Waals surface area contributed by atoms with Crippen molar-refractivity contribution < 1.29 is 0 Å². The highest BCUT2D eigenvalue weighted by atomic mass is 35.5. The summed E-state index contributed by atoms with van der Waals surface area (Å²) in [5, 5.41) is 0. The van der Waals surface area contributed by atoms with Crippen LogP contribution in [0.3, 0.4) is 0 Å². The van der Waals surface area contributed by atoms with Gasteiger partial charge in [-0.1, -0.05) is 13.3 Å². The van der Waals surface area contributed by atoms with Crippen LogP contribution in [0.1, 0.15) is 59.2 Å². The smallest absolute Gasteiger partial charge is 0.0300 e. The molecule has 2 N–H and O–H groups in total. The molecule has 0 aliphatic rings. The first-order valence-electron chi connectivity index (χ1n) is 6.24.